The fraction of sp³-hybridized carbons (Fsp3) is 0.574. The molecule has 3 N–H and O–H groups in total. The molecule has 1 unspecified atom stereocenters. The third kappa shape index (κ3) is 9.41. The number of nitrogens with one attached hydrogen (secondary N) is 2. The smallest absolute Gasteiger partial charge is 0.355 e. The number of pyridine rings is 1. The molecule has 346 valence electrons. The number of aryl methyl sites for hydroxylation is 1. The number of carbonyl (C=O) groups excluding carboxylic acids is 4. The number of urea groups is 1. The van der Waals surface area contributed by atoms with Gasteiger partial charge in [-0.15, -0.1) is 11.3 Å². The van der Waals surface area contributed by atoms with E-state index in [1.165, 1.54) is 21.2 Å². The molecular weight excluding hydrogens is 835 g/mol. The zero-order valence-corrected chi connectivity index (χ0v) is 39.8. The molecule has 4 aromatic rings. The first-order chi connectivity index (χ1) is 30.4. The van der Waals surface area contributed by atoms with E-state index in [9.17, 15) is 24.3 Å². The summed E-state index contributed by atoms with van der Waals surface area (Å²) in [5, 5.41) is 19.6. The number of likely N-dealkylation sites (tertiary alicyclic amines) is 1. The summed E-state index contributed by atoms with van der Waals surface area (Å²) in [6.45, 7) is 14.3. The molecule has 1 aromatic carbocycles. The number of ether oxygens (including phenoxy) is 2. The number of hydrogen-bond donors (Lipinski definition) is 3. The predicted octanol–water partition coefficient (Wildman–Crippen LogP) is 5.23. The Kier molecular flexibility index (Phi) is 13.9. The van der Waals surface area contributed by atoms with Gasteiger partial charge < -0.3 is 39.2 Å². The summed E-state index contributed by atoms with van der Waals surface area (Å²) in [5.41, 5.74) is 6.38. The Balaban J connectivity index is 1.30. The van der Waals surface area contributed by atoms with Crippen LogP contribution >= 0.6 is 11.3 Å². The second-order valence-corrected chi connectivity index (χ2v) is 19.8. The second-order valence-electron chi connectivity index (χ2n) is 18.9. The summed E-state index contributed by atoms with van der Waals surface area (Å²) in [4.78, 5) is 72.0. The minimum Gasteiger partial charge on any atom is -0.462 e. The molecule has 2 fully saturated rings. The fourth-order valence-corrected chi connectivity index (χ4v) is 10.4. The second kappa shape index (κ2) is 18.9. The SMILES string of the molecule is CCn1c(-c2cccnc2[C@H](C)OC)c2c3cc(ccc31)-c1csc(n1)C[C@H](NC(=O)[C@H](C(C)C)N(C)C(=O)N(C)C1CCN(C)C1)C(=O)N1CCC[C@@](O)(N1)C(=O)OCC(C)(C)C2. The van der Waals surface area contributed by atoms with Gasteiger partial charge in [0.2, 0.25) is 11.6 Å². The molecule has 7 rings (SSSR count). The van der Waals surface area contributed by atoms with Crippen LogP contribution in [0, 0.1) is 11.3 Å². The first-order valence-electron chi connectivity index (χ1n) is 22.4. The van der Waals surface area contributed by atoms with Crippen molar-refractivity contribution in [1.29, 1.82) is 0 Å². The Bertz CT molecular complexity index is 2380. The highest BCUT2D eigenvalue weighted by Gasteiger charge is 2.46. The number of rotatable bonds is 9. The van der Waals surface area contributed by atoms with Crippen molar-refractivity contribution >= 4 is 46.1 Å². The van der Waals surface area contributed by atoms with E-state index in [2.05, 4.69) is 51.4 Å². The topological polar surface area (TPSA) is 175 Å². The number of amides is 4. The van der Waals surface area contributed by atoms with Crippen molar-refractivity contribution < 1.29 is 33.8 Å². The predicted molar refractivity (Wildman–Crippen MR) is 246 cm³/mol. The zero-order chi connectivity index (χ0) is 46.2. The molecule has 0 radical (unpaired) electrons. The third-order valence-corrected chi connectivity index (χ3v) is 14.0. The minimum absolute atomic E-state index is 0.00786. The first kappa shape index (κ1) is 47.0. The van der Waals surface area contributed by atoms with Crippen LogP contribution < -0.4 is 10.7 Å². The number of thiazole rings is 1. The van der Waals surface area contributed by atoms with E-state index in [4.69, 9.17) is 19.4 Å². The van der Waals surface area contributed by atoms with Crippen LogP contribution in [-0.2, 0) is 43.2 Å². The summed E-state index contributed by atoms with van der Waals surface area (Å²) in [7, 11) is 7.07. The summed E-state index contributed by atoms with van der Waals surface area (Å²) in [5.74, 6) is -2.26. The van der Waals surface area contributed by atoms with Gasteiger partial charge >= 0.3 is 12.0 Å². The number of aliphatic hydroxyl groups is 1. The quantitative estimate of drug-likeness (QED) is 0.188. The lowest BCUT2D eigenvalue weighted by atomic mass is 9.84. The van der Waals surface area contributed by atoms with Crippen LogP contribution in [0.5, 0.6) is 0 Å². The average molecular weight is 900 g/mol. The minimum atomic E-state index is -2.20. The molecule has 5 atom stereocenters. The number of esters is 1. The van der Waals surface area contributed by atoms with Crippen molar-refractivity contribution in [3.05, 3.63) is 58.2 Å². The molecular formula is C47H65N9O7S. The Morgan fingerprint density at radius 1 is 1.16 bits per heavy atom. The Morgan fingerprint density at radius 3 is 2.61 bits per heavy atom. The Morgan fingerprint density at radius 2 is 1.92 bits per heavy atom. The maximum absolute atomic E-state index is 14.6. The molecule has 3 aromatic heterocycles. The molecule has 64 heavy (non-hydrogen) atoms. The molecule has 0 saturated carbocycles. The van der Waals surface area contributed by atoms with Gasteiger partial charge in [-0.25, -0.2) is 14.6 Å². The van der Waals surface area contributed by atoms with E-state index in [-0.39, 0.29) is 56.5 Å². The number of benzene rings is 1. The standard InChI is InChI=1S/C47H65N9O7S/c1-11-55-37-16-15-30-22-33(37)34(41(55)32-14-12-19-48-39(32)29(4)62-10)24-46(5,6)27-63-44(59)47(61)18-13-20-56(51-47)43(58)35(23-38-49-36(30)26-64-38)50-42(57)40(28(2)3)54(9)45(60)53(8)31-17-21-52(7)25-31/h12,14-16,19,22,26,28-29,31,35,40,51,61H,11,13,17-18,20-21,23-25,27H2,1-10H3,(H,50,57)/t29-,31?,35-,40-,47-/m0/s1. The van der Waals surface area contributed by atoms with Crippen LogP contribution in [0.15, 0.2) is 41.9 Å². The van der Waals surface area contributed by atoms with Gasteiger partial charge in [-0.3, -0.25) is 19.6 Å². The van der Waals surface area contributed by atoms with Crippen LogP contribution in [0.3, 0.4) is 0 Å². The van der Waals surface area contributed by atoms with Gasteiger partial charge in [-0.1, -0.05) is 33.8 Å². The molecule has 6 heterocycles. The highest BCUT2D eigenvalue weighted by molar-refractivity contribution is 7.10. The first-order valence-corrected chi connectivity index (χ1v) is 23.3. The number of hydrogen-bond acceptors (Lipinski definition) is 12. The molecule has 3 aliphatic heterocycles. The number of hydrazine groups is 1. The number of carbonyl (C=O) groups is 4. The highest BCUT2D eigenvalue weighted by Crippen LogP contribution is 2.42. The number of likely N-dealkylation sites (N-methyl/N-ethyl adjacent to an activating group) is 3. The van der Waals surface area contributed by atoms with Crippen LogP contribution in [-0.4, -0.2) is 142 Å². The maximum atomic E-state index is 14.6. The molecule has 16 nitrogen and oxygen atoms in total. The van der Waals surface area contributed by atoms with Crippen molar-refractivity contribution in [2.75, 3.05) is 54.5 Å². The summed E-state index contributed by atoms with van der Waals surface area (Å²) >= 11 is 1.38. The number of methoxy groups -OCH3 is 1. The van der Waals surface area contributed by atoms with Crippen molar-refractivity contribution in [1.82, 2.24) is 45.0 Å². The molecule has 4 amide bonds. The average Bonchev–Trinajstić information content (AvgIpc) is 4.00. The largest absolute Gasteiger partial charge is 0.462 e. The monoisotopic (exact) mass is 899 g/mol. The highest BCUT2D eigenvalue weighted by atomic mass is 32.1. The van der Waals surface area contributed by atoms with E-state index in [0.717, 1.165) is 64.2 Å². The summed E-state index contributed by atoms with van der Waals surface area (Å²) in [6, 6.07) is 7.96. The van der Waals surface area contributed by atoms with E-state index >= 15 is 0 Å². The van der Waals surface area contributed by atoms with Gasteiger partial charge in [0.05, 0.1) is 34.8 Å². The number of fused-ring (bicyclic) bond motifs is 6. The van der Waals surface area contributed by atoms with Gasteiger partial charge in [-0.05, 0) is 82.4 Å². The van der Waals surface area contributed by atoms with Gasteiger partial charge in [-0.2, -0.15) is 5.43 Å². The lowest BCUT2D eigenvalue weighted by Crippen LogP contribution is -2.67. The van der Waals surface area contributed by atoms with Gasteiger partial charge in [0.1, 0.15) is 12.1 Å². The van der Waals surface area contributed by atoms with Gasteiger partial charge in [0.15, 0.2) is 0 Å². The molecule has 2 saturated heterocycles. The normalized spacial score (nSPS) is 22.8. The lowest BCUT2D eigenvalue weighted by Gasteiger charge is -2.40. The fourth-order valence-electron chi connectivity index (χ4n) is 9.54. The van der Waals surface area contributed by atoms with E-state index in [1.807, 2.05) is 53.1 Å². The van der Waals surface area contributed by atoms with Crippen LogP contribution in [0.4, 0.5) is 4.79 Å². The number of aromatic nitrogens is 3. The number of cyclic esters (lactones) is 1. The zero-order valence-electron chi connectivity index (χ0n) is 38.9. The van der Waals surface area contributed by atoms with Crippen molar-refractivity contribution in [2.45, 2.75) is 110 Å². The number of nitrogens with zero attached hydrogens (tertiary/aromatic N) is 7. The van der Waals surface area contributed by atoms with Crippen LogP contribution in [0.2, 0.25) is 0 Å². The van der Waals surface area contributed by atoms with Crippen molar-refractivity contribution in [3.63, 3.8) is 0 Å². The van der Waals surface area contributed by atoms with Crippen molar-refractivity contribution in [2.24, 2.45) is 11.3 Å². The molecule has 0 spiro atoms. The Labute approximate surface area is 380 Å². The van der Waals surface area contributed by atoms with E-state index in [0.29, 0.717) is 18.0 Å². The van der Waals surface area contributed by atoms with E-state index in [1.54, 1.807) is 32.3 Å². The molecule has 17 heteroatoms. The van der Waals surface area contributed by atoms with Crippen molar-refractivity contribution in [3.8, 4) is 22.5 Å². The molecule has 0 aliphatic carbocycles. The maximum Gasteiger partial charge on any atom is 0.355 e. The molecule has 3 aliphatic rings. The summed E-state index contributed by atoms with van der Waals surface area (Å²) < 4.78 is 14.0. The third-order valence-electron chi connectivity index (χ3n) is 13.1. The van der Waals surface area contributed by atoms with Gasteiger partial charge in [0, 0.05) is 98.7 Å². The van der Waals surface area contributed by atoms with E-state index < -0.39 is 41.0 Å². The van der Waals surface area contributed by atoms with Gasteiger partial charge in [0.25, 0.3) is 5.91 Å². The summed E-state index contributed by atoms with van der Waals surface area (Å²) in [6.07, 6.45) is 3.15. The van der Waals surface area contributed by atoms with Crippen LogP contribution in [0.25, 0.3) is 33.4 Å². The lowest BCUT2D eigenvalue weighted by molar-refractivity contribution is -0.189. The Hall–Kier alpha value is -4.94. The van der Waals surface area contributed by atoms with Crippen LogP contribution in [0.1, 0.15) is 83.2 Å². The molecule has 6 bridgehead atoms.